The number of benzene rings is 1. The molecule has 1 aromatic carbocycles. The molecule has 0 saturated heterocycles. The molecule has 0 aliphatic heterocycles. The van der Waals surface area contributed by atoms with Gasteiger partial charge in [-0.1, -0.05) is 28.1 Å². The van der Waals surface area contributed by atoms with Crippen molar-refractivity contribution in [2.24, 2.45) is 11.7 Å². The number of halogens is 1. The van der Waals surface area contributed by atoms with Crippen LogP contribution in [-0.4, -0.2) is 5.84 Å². The Morgan fingerprint density at radius 2 is 2.00 bits per heavy atom. The fourth-order valence-corrected chi connectivity index (χ4v) is 1.88. The lowest BCUT2D eigenvalue weighted by Crippen LogP contribution is -2.12. The molecule has 1 fully saturated rings. The Morgan fingerprint density at radius 1 is 1.38 bits per heavy atom. The quantitative estimate of drug-likeness (QED) is 0.604. The summed E-state index contributed by atoms with van der Waals surface area (Å²) in [6, 6.07) is 8.26. The molecule has 0 bridgehead atoms. The Labute approximate surface area is 85.8 Å². The highest BCUT2D eigenvalue weighted by molar-refractivity contribution is 9.10. The van der Waals surface area contributed by atoms with Crippen LogP contribution in [0.5, 0.6) is 0 Å². The number of rotatable bonds is 2. The summed E-state index contributed by atoms with van der Waals surface area (Å²) in [6.07, 6.45) is 1.04. The first-order valence-electron chi connectivity index (χ1n) is 4.28. The van der Waals surface area contributed by atoms with Crippen molar-refractivity contribution in [2.75, 3.05) is 0 Å². The molecular weight excluding hydrogens is 228 g/mol. The van der Waals surface area contributed by atoms with Crippen LogP contribution >= 0.6 is 15.9 Å². The van der Waals surface area contributed by atoms with Gasteiger partial charge in [0.05, 0.1) is 5.84 Å². The molecule has 1 aromatic rings. The maximum absolute atomic E-state index is 7.30. The third kappa shape index (κ3) is 1.75. The van der Waals surface area contributed by atoms with Gasteiger partial charge in [-0.15, -0.1) is 0 Å². The van der Waals surface area contributed by atoms with E-state index in [1.54, 1.807) is 0 Å². The van der Waals surface area contributed by atoms with Crippen LogP contribution in [0.1, 0.15) is 17.9 Å². The maximum Gasteiger partial charge on any atom is 0.0943 e. The number of hydrogen-bond acceptors (Lipinski definition) is 1. The molecule has 13 heavy (non-hydrogen) atoms. The van der Waals surface area contributed by atoms with Crippen molar-refractivity contribution in [3.63, 3.8) is 0 Å². The first-order chi connectivity index (χ1) is 6.18. The largest absolute Gasteiger partial charge is 0.387 e. The van der Waals surface area contributed by atoms with E-state index in [2.05, 4.69) is 28.1 Å². The average molecular weight is 239 g/mol. The second-order valence-electron chi connectivity index (χ2n) is 3.46. The fourth-order valence-electron chi connectivity index (χ4n) is 1.62. The fraction of sp³-hybridized carbons (Fsp3) is 0.300. The van der Waals surface area contributed by atoms with Crippen LogP contribution in [0.25, 0.3) is 0 Å². The Kier molecular flexibility index (Phi) is 2.12. The van der Waals surface area contributed by atoms with E-state index in [1.807, 2.05) is 12.1 Å². The number of nitrogens with two attached hydrogens (primary N) is 1. The Bertz CT molecular complexity index is 331. The molecule has 1 aliphatic carbocycles. The standard InChI is InChI=1S/C10H11BrN2/c11-7-3-1-6(2-4-7)8-5-9(8)10(12)13/h1-4,8-9H,5H2,(H3,12,13)/t8-,9+/m0/s1. The number of nitrogens with one attached hydrogen (secondary N) is 1. The van der Waals surface area contributed by atoms with E-state index in [4.69, 9.17) is 11.1 Å². The first-order valence-corrected chi connectivity index (χ1v) is 5.07. The SMILES string of the molecule is N=C(N)[C@@H]1C[C@H]1c1ccc(Br)cc1. The van der Waals surface area contributed by atoms with Gasteiger partial charge in [-0.2, -0.15) is 0 Å². The summed E-state index contributed by atoms with van der Waals surface area (Å²) in [5, 5.41) is 7.30. The third-order valence-electron chi connectivity index (χ3n) is 2.49. The van der Waals surface area contributed by atoms with Crippen LogP contribution in [-0.2, 0) is 0 Å². The van der Waals surface area contributed by atoms with Gasteiger partial charge in [0.25, 0.3) is 0 Å². The molecule has 0 spiro atoms. The van der Waals surface area contributed by atoms with Gasteiger partial charge in [-0.05, 0) is 30.0 Å². The highest BCUT2D eigenvalue weighted by Gasteiger charge is 2.40. The minimum absolute atomic E-state index is 0.293. The maximum atomic E-state index is 7.30. The molecule has 3 N–H and O–H groups in total. The summed E-state index contributed by atoms with van der Waals surface area (Å²) in [7, 11) is 0. The Hall–Kier alpha value is -0.830. The zero-order valence-electron chi connectivity index (χ0n) is 7.13. The second-order valence-corrected chi connectivity index (χ2v) is 4.37. The van der Waals surface area contributed by atoms with Crippen molar-refractivity contribution < 1.29 is 0 Å². The lowest BCUT2D eigenvalue weighted by Gasteiger charge is -1.99. The summed E-state index contributed by atoms with van der Waals surface area (Å²) in [4.78, 5) is 0. The topological polar surface area (TPSA) is 49.9 Å². The van der Waals surface area contributed by atoms with Crippen LogP contribution in [0.15, 0.2) is 28.7 Å². The molecule has 0 amide bonds. The van der Waals surface area contributed by atoms with Gasteiger partial charge in [0.15, 0.2) is 0 Å². The molecule has 2 rings (SSSR count). The zero-order valence-corrected chi connectivity index (χ0v) is 8.71. The predicted molar refractivity (Wildman–Crippen MR) is 56.9 cm³/mol. The summed E-state index contributed by atoms with van der Waals surface area (Å²) in [6.45, 7) is 0. The van der Waals surface area contributed by atoms with E-state index in [0.717, 1.165) is 10.9 Å². The molecule has 0 unspecified atom stereocenters. The molecule has 0 aromatic heterocycles. The van der Waals surface area contributed by atoms with Gasteiger partial charge in [-0.25, -0.2) is 0 Å². The summed E-state index contributed by atoms with van der Waals surface area (Å²) < 4.78 is 1.09. The highest BCUT2D eigenvalue weighted by Crippen LogP contribution is 2.47. The summed E-state index contributed by atoms with van der Waals surface area (Å²) in [5.74, 6) is 1.11. The molecule has 2 nitrogen and oxygen atoms in total. The number of hydrogen-bond donors (Lipinski definition) is 2. The van der Waals surface area contributed by atoms with E-state index < -0.39 is 0 Å². The minimum atomic E-state index is 0.293. The molecule has 68 valence electrons. The van der Waals surface area contributed by atoms with Gasteiger partial charge in [0.2, 0.25) is 0 Å². The molecule has 3 heteroatoms. The zero-order chi connectivity index (χ0) is 9.42. The van der Waals surface area contributed by atoms with E-state index >= 15 is 0 Å². The summed E-state index contributed by atoms with van der Waals surface area (Å²) in [5.41, 5.74) is 6.72. The van der Waals surface area contributed by atoms with Crippen LogP contribution < -0.4 is 5.73 Å². The first kappa shape index (κ1) is 8.75. The Balaban J connectivity index is 2.12. The van der Waals surface area contributed by atoms with Crippen LogP contribution in [0.3, 0.4) is 0 Å². The lowest BCUT2D eigenvalue weighted by atomic mass is 10.1. The van der Waals surface area contributed by atoms with E-state index in [9.17, 15) is 0 Å². The van der Waals surface area contributed by atoms with Crippen molar-refractivity contribution in [1.29, 1.82) is 5.41 Å². The van der Waals surface area contributed by atoms with Crippen molar-refractivity contribution in [3.05, 3.63) is 34.3 Å². The molecule has 2 atom stereocenters. The van der Waals surface area contributed by atoms with Crippen molar-refractivity contribution in [3.8, 4) is 0 Å². The molecule has 0 heterocycles. The molecule has 0 radical (unpaired) electrons. The Morgan fingerprint density at radius 3 is 2.46 bits per heavy atom. The van der Waals surface area contributed by atoms with Gasteiger partial charge < -0.3 is 5.73 Å². The highest BCUT2D eigenvalue weighted by atomic mass is 79.9. The van der Waals surface area contributed by atoms with Crippen LogP contribution in [0.4, 0.5) is 0 Å². The van der Waals surface area contributed by atoms with Crippen molar-refractivity contribution in [2.45, 2.75) is 12.3 Å². The average Bonchev–Trinajstić information content (AvgIpc) is 2.85. The van der Waals surface area contributed by atoms with Crippen molar-refractivity contribution >= 4 is 21.8 Å². The predicted octanol–water partition coefficient (Wildman–Crippen LogP) is 2.49. The van der Waals surface area contributed by atoms with E-state index in [1.165, 1.54) is 5.56 Å². The van der Waals surface area contributed by atoms with Crippen LogP contribution in [0, 0.1) is 11.3 Å². The van der Waals surface area contributed by atoms with Crippen molar-refractivity contribution in [1.82, 2.24) is 0 Å². The van der Waals surface area contributed by atoms with Gasteiger partial charge in [0.1, 0.15) is 0 Å². The van der Waals surface area contributed by atoms with Gasteiger partial charge in [-0.3, -0.25) is 5.41 Å². The smallest absolute Gasteiger partial charge is 0.0943 e. The van der Waals surface area contributed by atoms with Gasteiger partial charge >= 0.3 is 0 Å². The lowest BCUT2D eigenvalue weighted by molar-refractivity contribution is 1.03. The second kappa shape index (κ2) is 3.14. The summed E-state index contributed by atoms with van der Waals surface area (Å²) >= 11 is 3.39. The number of amidine groups is 1. The third-order valence-corrected chi connectivity index (χ3v) is 3.02. The van der Waals surface area contributed by atoms with Crippen LogP contribution in [0.2, 0.25) is 0 Å². The van der Waals surface area contributed by atoms with E-state index in [-0.39, 0.29) is 0 Å². The van der Waals surface area contributed by atoms with E-state index in [0.29, 0.717) is 17.7 Å². The molecule has 1 aliphatic rings. The normalized spacial score (nSPS) is 25.6. The monoisotopic (exact) mass is 238 g/mol. The van der Waals surface area contributed by atoms with Gasteiger partial charge in [0, 0.05) is 10.4 Å². The minimum Gasteiger partial charge on any atom is -0.387 e. The molecule has 1 saturated carbocycles. The molecular formula is C10H11BrN2.